The predicted molar refractivity (Wildman–Crippen MR) is 76.4 cm³/mol. The Morgan fingerprint density at radius 2 is 2.11 bits per heavy atom. The lowest BCUT2D eigenvalue weighted by atomic mass is 10.3. The van der Waals surface area contributed by atoms with Crippen molar-refractivity contribution in [1.82, 2.24) is 10.3 Å². The van der Waals surface area contributed by atoms with Crippen LogP contribution in [-0.4, -0.2) is 33.5 Å². The Morgan fingerprint density at radius 3 is 2.84 bits per heavy atom. The summed E-state index contributed by atoms with van der Waals surface area (Å²) in [5.74, 6) is -0.999. The number of carbonyl (C=O) groups is 2. The van der Waals surface area contributed by atoms with Gasteiger partial charge in [0.15, 0.2) is 0 Å². The molecule has 0 radical (unpaired) electrons. The van der Waals surface area contributed by atoms with Crippen molar-refractivity contribution in [2.45, 2.75) is 6.54 Å². The fraction of sp³-hybridized carbons (Fsp3) is 0.250. The maximum Gasteiger partial charge on any atom is 0.313 e. The number of aromatic nitrogens is 1. The molecule has 100 valence electrons. The predicted octanol–water partition coefficient (Wildman–Crippen LogP) is 1.73. The molecule has 0 bridgehead atoms. The summed E-state index contributed by atoms with van der Waals surface area (Å²) in [5, 5.41) is 12.0. The van der Waals surface area contributed by atoms with Gasteiger partial charge < -0.3 is 10.4 Å². The summed E-state index contributed by atoms with van der Waals surface area (Å²) in [7, 11) is 0. The highest BCUT2D eigenvalue weighted by Crippen LogP contribution is 2.21. The molecule has 0 unspecified atom stereocenters. The van der Waals surface area contributed by atoms with Crippen LogP contribution in [0, 0.1) is 0 Å². The second-order valence-electron chi connectivity index (χ2n) is 3.74. The van der Waals surface area contributed by atoms with Crippen molar-refractivity contribution < 1.29 is 14.7 Å². The first kappa shape index (κ1) is 13.8. The number of carboxylic acids is 1. The minimum absolute atomic E-state index is 0.0610. The van der Waals surface area contributed by atoms with Gasteiger partial charge in [-0.15, -0.1) is 23.1 Å². The Labute approximate surface area is 118 Å². The van der Waals surface area contributed by atoms with Gasteiger partial charge in [-0.25, -0.2) is 4.98 Å². The molecule has 1 aromatic carbocycles. The van der Waals surface area contributed by atoms with E-state index in [1.165, 1.54) is 0 Å². The standard InChI is InChI=1S/C12H12N2O3S2/c15-10(6-18-7-12(16)17)13-5-11-14-8-3-1-2-4-9(8)19-11/h1-4H,5-7H2,(H,13,15)(H,16,17). The first-order valence-corrected chi connectivity index (χ1v) is 7.53. The van der Waals surface area contributed by atoms with Crippen LogP contribution < -0.4 is 5.32 Å². The number of para-hydroxylation sites is 1. The smallest absolute Gasteiger partial charge is 0.313 e. The van der Waals surface area contributed by atoms with Crippen molar-refractivity contribution in [3.05, 3.63) is 29.3 Å². The van der Waals surface area contributed by atoms with Gasteiger partial charge in [-0.05, 0) is 12.1 Å². The molecule has 2 aromatic rings. The number of thiazole rings is 1. The molecule has 0 saturated carbocycles. The summed E-state index contributed by atoms with van der Waals surface area (Å²) in [6.07, 6.45) is 0. The Kier molecular flexibility index (Phi) is 4.75. The third kappa shape index (κ3) is 4.22. The number of carbonyl (C=O) groups excluding carboxylic acids is 1. The van der Waals surface area contributed by atoms with E-state index in [1.807, 2.05) is 24.3 Å². The van der Waals surface area contributed by atoms with E-state index >= 15 is 0 Å². The van der Waals surface area contributed by atoms with Gasteiger partial charge in [0.05, 0.1) is 28.3 Å². The molecule has 0 atom stereocenters. The van der Waals surface area contributed by atoms with Gasteiger partial charge in [-0.1, -0.05) is 12.1 Å². The van der Waals surface area contributed by atoms with Crippen molar-refractivity contribution in [1.29, 1.82) is 0 Å². The van der Waals surface area contributed by atoms with Crippen molar-refractivity contribution in [2.24, 2.45) is 0 Å². The molecule has 1 amide bonds. The summed E-state index contributed by atoms with van der Waals surface area (Å²) in [5.41, 5.74) is 0.928. The monoisotopic (exact) mass is 296 g/mol. The highest BCUT2D eigenvalue weighted by molar-refractivity contribution is 8.00. The molecule has 0 aliphatic heterocycles. The van der Waals surface area contributed by atoms with Gasteiger partial charge in [0.2, 0.25) is 5.91 Å². The zero-order valence-electron chi connectivity index (χ0n) is 9.96. The Bertz CT molecular complexity index is 564. The fourth-order valence-corrected chi connectivity index (χ4v) is 2.92. The number of fused-ring (bicyclic) bond motifs is 1. The van der Waals surface area contributed by atoms with Crippen LogP contribution in [0.3, 0.4) is 0 Å². The molecule has 0 spiro atoms. The molecule has 5 nitrogen and oxygen atoms in total. The number of nitrogens with one attached hydrogen (secondary N) is 1. The van der Waals surface area contributed by atoms with Gasteiger partial charge in [-0.2, -0.15) is 0 Å². The quantitative estimate of drug-likeness (QED) is 0.848. The van der Waals surface area contributed by atoms with Gasteiger partial charge >= 0.3 is 5.97 Å². The summed E-state index contributed by atoms with van der Waals surface area (Å²) >= 11 is 2.62. The molecular weight excluding hydrogens is 284 g/mol. The van der Waals surface area contributed by atoms with Crippen LogP contribution in [0.1, 0.15) is 5.01 Å². The van der Waals surface area contributed by atoms with Crippen LogP contribution >= 0.6 is 23.1 Å². The summed E-state index contributed by atoms with van der Waals surface area (Å²) in [4.78, 5) is 26.2. The Morgan fingerprint density at radius 1 is 1.32 bits per heavy atom. The van der Waals surface area contributed by atoms with E-state index in [9.17, 15) is 9.59 Å². The second kappa shape index (κ2) is 6.53. The van der Waals surface area contributed by atoms with Crippen molar-refractivity contribution >= 4 is 45.2 Å². The van der Waals surface area contributed by atoms with Crippen LogP contribution in [0.15, 0.2) is 24.3 Å². The van der Waals surface area contributed by atoms with Gasteiger partial charge in [0.1, 0.15) is 5.01 Å². The number of hydrogen-bond acceptors (Lipinski definition) is 5. The van der Waals surface area contributed by atoms with Crippen LogP contribution in [0.5, 0.6) is 0 Å². The minimum atomic E-state index is -0.913. The molecule has 1 aromatic heterocycles. The number of nitrogens with zero attached hydrogens (tertiary/aromatic N) is 1. The molecule has 0 aliphatic rings. The molecule has 0 fully saturated rings. The highest BCUT2D eigenvalue weighted by Gasteiger charge is 2.06. The molecular formula is C12H12N2O3S2. The third-order valence-electron chi connectivity index (χ3n) is 2.23. The number of amides is 1. The van der Waals surface area contributed by atoms with Crippen molar-refractivity contribution in [2.75, 3.05) is 11.5 Å². The first-order chi connectivity index (χ1) is 9.15. The molecule has 19 heavy (non-hydrogen) atoms. The largest absolute Gasteiger partial charge is 0.481 e. The molecule has 0 aliphatic carbocycles. The Hall–Kier alpha value is -1.60. The lowest BCUT2D eigenvalue weighted by Gasteiger charge is -2.01. The molecule has 1 heterocycles. The molecule has 2 rings (SSSR count). The van der Waals surface area contributed by atoms with E-state index in [4.69, 9.17) is 5.11 Å². The lowest BCUT2D eigenvalue weighted by molar-refractivity contribution is -0.133. The zero-order chi connectivity index (χ0) is 13.7. The second-order valence-corrected chi connectivity index (χ2v) is 5.84. The summed E-state index contributed by atoms with van der Waals surface area (Å²) in [6.45, 7) is 0.381. The number of aliphatic carboxylic acids is 1. The number of hydrogen-bond donors (Lipinski definition) is 2. The average molecular weight is 296 g/mol. The highest BCUT2D eigenvalue weighted by atomic mass is 32.2. The first-order valence-electron chi connectivity index (χ1n) is 5.56. The molecule has 0 saturated heterocycles. The SMILES string of the molecule is O=C(O)CSCC(=O)NCc1nc2ccccc2s1. The minimum Gasteiger partial charge on any atom is -0.481 e. The Balaban J connectivity index is 1.81. The normalized spacial score (nSPS) is 10.5. The van der Waals surface area contributed by atoms with E-state index in [2.05, 4.69) is 10.3 Å². The summed E-state index contributed by atoms with van der Waals surface area (Å²) < 4.78 is 1.09. The van der Waals surface area contributed by atoms with Gasteiger partial charge in [0.25, 0.3) is 0 Å². The van der Waals surface area contributed by atoms with Crippen LogP contribution in [-0.2, 0) is 16.1 Å². The fourth-order valence-electron chi connectivity index (χ4n) is 1.45. The summed E-state index contributed by atoms with van der Waals surface area (Å²) in [6, 6.07) is 7.79. The third-order valence-corrected chi connectivity index (χ3v) is 4.19. The average Bonchev–Trinajstić information content (AvgIpc) is 2.78. The molecule has 7 heteroatoms. The molecule has 2 N–H and O–H groups in total. The zero-order valence-corrected chi connectivity index (χ0v) is 11.6. The lowest BCUT2D eigenvalue weighted by Crippen LogP contribution is -2.25. The number of benzene rings is 1. The van der Waals surface area contributed by atoms with Crippen LogP contribution in [0.2, 0.25) is 0 Å². The van der Waals surface area contributed by atoms with Gasteiger partial charge in [-0.3, -0.25) is 9.59 Å². The topological polar surface area (TPSA) is 79.3 Å². The van der Waals surface area contributed by atoms with Gasteiger partial charge in [0, 0.05) is 0 Å². The van der Waals surface area contributed by atoms with Crippen LogP contribution in [0.25, 0.3) is 10.2 Å². The van der Waals surface area contributed by atoms with Crippen molar-refractivity contribution in [3.63, 3.8) is 0 Å². The van der Waals surface area contributed by atoms with E-state index < -0.39 is 5.97 Å². The number of rotatable bonds is 6. The van der Waals surface area contributed by atoms with E-state index in [1.54, 1.807) is 11.3 Å². The van der Waals surface area contributed by atoms with E-state index in [0.717, 1.165) is 27.0 Å². The number of thioether (sulfide) groups is 1. The van der Waals surface area contributed by atoms with Crippen LogP contribution in [0.4, 0.5) is 0 Å². The maximum atomic E-state index is 11.5. The van der Waals surface area contributed by atoms with E-state index in [0.29, 0.717) is 6.54 Å². The van der Waals surface area contributed by atoms with Crippen molar-refractivity contribution in [3.8, 4) is 0 Å². The maximum absolute atomic E-state index is 11.5. The number of carboxylic acid groups (broad SMARTS) is 1. The van der Waals surface area contributed by atoms with E-state index in [-0.39, 0.29) is 17.4 Å².